The molecule has 1 fully saturated rings. The molecule has 0 aromatic heterocycles. The molecular formula is C25H16N2O4. The number of carbonyl (C=O) groups is 4. The molecule has 1 heterocycles. The number of fused-ring (bicyclic) bond motifs is 2. The van der Waals surface area contributed by atoms with Gasteiger partial charge in [-0.25, -0.2) is 4.90 Å². The predicted molar refractivity (Wildman–Crippen MR) is 118 cm³/mol. The molecule has 0 saturated carbocycles. The molecular weight excluding hydrogens is 392 g/mol. The number of anilines is 2. The van der Waals surface area contributed by atoms with Crippen LogP contribution in [0.15, 0.2) is 84.9 Å². The number of Topliss-reactive ketones (excluding diaryl/α,β-unsaturated/α-hetero) is 1. The lowest BCUT2D eigenvalue weighted by atomic mass is 10.1. The first kappa shape index (κ1) is 18.7. The van der Waals surface area contributed by atoms with E-state index in [9.17, 15) is 19.2 Å². The summed E-state index contributed by atoms with van der Waals surface area (Å²) in [6, 6.07) is 25.3. The topological polar surface area (TPSA) is 83.6 Å². The molecule has 1 aliphatic heterocycles. The van der Waals surface area contributed by atoms with Gasteiger partial charge < -0.3 is 5.32 Å². The zero-order valence-electron chi connectivity index (χ0n) is 16.2. The van der Waals surface area contributed by atoms with Crippen LogP contribution in [0.1, 0.15) is 0 Å². The van der Waals surface area contributed by atoms with Crippen LogP contribution in [0.25, 0.3) is 21.5 Å². The number of nitrogens with zero attached hydrogens (tertiary/aromatic N) is 1. The highest BCUT2D eigenvalue weighted by Gasteiger charge is 2.51. The minimum absolute atomic E-state index is 0.267. The van der Waals surface area contributed by atoms with Gasteiger partial charge in [0.2, 0.25) is 11.7 Å². The molecule has 6 heteroatoms. The number of hydrogen-bond acceptors (Lipinski definition) is 4. The van der Waals surface area contributed by atoms with Gasteiger partial charge in [0.15, 0.2) is 5.92 Å². The van der Waals surface area contributed by atoms with Crippen molar-refractivity contribution in [3.63, 3.8) is 0 Å². The van der Waals surface area contributed by atoms with E-state index in [1.54, 1.807) is 30.3 Å². The molecule has 6 nitrogen and oxygen atoms in total. The van der Waals surface area contributed by atoms with Crippen molar-refractivity contribution in [3.05, 3.63) is 84.9 Å². The second-order valence-electron chi connectivity index (χ2n) is 7.36. The molecule has 0 spiro atoms. The Bertz CT molecular complexity index is 1410. The van der Waals surface area contributed by atoms with Crippen molar-refractivity contribution in [2.75, 3.05) is 10.2 Å². The number of rotatable bonds is 3. The summed E-state index contributed by atoms with van der Waals surface area (Å²) >= 11 is 0. The first-order valence-electron chi connectivity index (χ1n) is 9.73. The number of benzene rings is 4. The monoisotopic (exact) mass is 408 g/mol. The van der Waals surface area contributed by atoms with E-state index >= 15 is 0 Å². The van der Waals surface area contributed by atoms with Crippen LogP contribution in [0.4, 0.5) is 11.4 Å². The van der Waals surface area contributed by atoms with Gasteiger partial charge in [0.1, 0.15) is 0 Å². The smallest absolute Gasteiger partial charge is 0.302 e. The molecule has 150 valence electrons. The largest absolute Gasteiger partial charge is 0.325 e. The van der Waals surface area contributed by atoms with Crippen molar-refractivity contribution in [1.82, 2.24) is 0 Å². The van der Waals surface area contributed by atoms with Crippen LogP contribution in [-0.4, -0.2) is 23.5 Å². The van der Waals surface area contributed by atoms with Crippen molar-refractivity contribution in [1.29, 1.82) is 0 Å². The van der Waals surface area contributed by atoms with Gasteiger partial charge in [0.25, 0.3) is 5.91 Å². The van der Waals surface area contributed by atoms with Gasteiger partial charge in [0, 0.05) is 5.69 Å². The number of hydrogen-bond donors (Lipinski definition) is 1. The fraction of sp³-hybridized carbons (Fsp3) is 0.0400. The minimum atomic E-state index is -1.70. The van der Waals surface area contributed by atoms with Gasteiger partial charge in [-0.15, -0.1) is 0 Å². The zero-order valence-corrected chi connectivity index (χ0v) is 16.2. The van der Waals surface area contributed by atoms with Gasteiger partial charge in [-0.1, -0.05) is 60.7 Å². The second kappa shape index (κ2) is 7.18. The minimum Gasteiger partial charge on any atom is -0.325 e. The van der Waals surface area contributed by atoms with E-state index in [0.717, 1.165) is 26.4 Å². The van der Waals surface area contributed by atoms with Crippen LogP contribution in [0.2, 0.25) is 0 Å². The van der Waals surface area contributed by atoms with Crippen LogP contribution in [0.5, 0.6) is 0 Å². The van der Waals surface area contributed by atoms with Crippen molar-refractivity contribution < 1.29 is 19.2 Å². The maximum absolute atomic E-state index is 12.9. The highest BCUT2D eigenvalue weighted by Crippen LogP contribution is 2.29. The Labute approximate surface area is 177 Å². The quantitative estimate of drug-likeness (QED) is 0.318. The van der Waals surface area contributed by atoms with Crippen molar-refractivity contribution in [2.45, 2.75) is 0 Å². The van der Waals surface area contributed by atoms with Crippen LogP contribution >= 0.6 is 0 Å². The van der Waals surface area contributed by atoms with Crippen molar-refractivity contribution in [3.8, 4) is 0 Å². The van der Waals surface area contributed by atoms with Gasteiger partial charge in [-0.2, -0.15) is 0 Å². The first-order valence-corrected chi connectivity index (χ1v) is 9.73. The summed E-state index contributed by atoms with van der Waals surface area (Å²) in [5.41, 5.74) is 0.712. The molecule has 4 aromatic carbocycles. The number of ketones is 1. The molecule has 0 aliphatic carbocycles. The van der Waals surface area contributed by atoms with E-state index in [0.29, 0.717) is 5.69 Å². The Hall–Kier alpha value is -4.32. The molecule has 0 bridgehead atoms. The van der Waals surface area contributed by atoms with E-state index in [2.05, 4.69) is 5.32 Å². The third kappa shape index (κ3) is 3.14. The average Bonchev–Trinajstić information content (AvgIpc) is 3.01. The fourth-order valence-corrected chi connectivity index (χ4v) is 3.85. The second-order valence-corrected chi connectivity index (χ2v) is 7.36. The van der Waals surface area contributed by atoms with E-state index in [-0.39, 0.29) is 5.69 Å². The lowest BCUT2D eigenvalue weighted by Crippen LogP contribution is -2.34. The van der Waals surface area contributed by atoms with Crippen molar-refractivity contribution in [2.24, 2.45) is 5.92 Å². The van der Waals surface area contributed by atoms with Crippen LogP contribution in [-0.2, 0) is 19.2 Å². The van der Waals surface area contributed by atoms with E-state index < -0.39 is 29.4 Å². The predicted octanol–water partition coefficient (Wildman–Crippen LogP) is 3.69. The normalized spacial score (nSPS) is 16.3. The molecule has 1 saturated heterocycles. The van der Waals surface area contributed by atoms with E-state index in [4.69, 9.17) is 0 Å². The SMILES string of the molecule is O=C(Nc1ccc2ccccc2c1)C1C(=O)C(=O)N(c2ccc3ccccc3c2)C1=O. The molecule has 1 N–H and O–H groups in total. The highest BCUT2D eigenvalue weighted by molar-refractivity contribution is 6.60. The highest BCUT2D eigenvalue weighted by atomic mass is 16.2. The van der Waals surface area contributed by atoms with Gasteiger partial charge in [-0.3, -0.25) is 19.2 Å². The van der Waals surface area contributed by atoms with Gasteiger partial charge in [0.05, 0.1) is 5.69 Å². The molecule has 4 aromatic rings. The number of carbonyl (C=O) groups excluding carboxylic acids is 4. The standard InChI is InChI=1S/C25H16N2O4/c28-22-21(23(29)26-19-11-9-15-5-1-3-7-17(15)13-19)24(30)27(25(22)31)20-12-10-16-6-2-4-8-18(16)14-20/h1-14,21H,(H,26,29). The van der Waals surface area contributed by atoms with Gasteiger partial charge in [-0.05, 0) is 45.8 Å². The van der Waals surface area contributed by atoms with Crippen molar-refractivity contribution >= 4 is 56.4 Å². The third-order valence-electron chi connectivity index (χ3n) is 5.41. The molecule has 1 atom stereocenters. The summed E-state index contributed by atoms with van der Waals surface area (Å²) < 4.78 is 0. The molecule has 5 rings (SSSR count). The zero-order chi connectivity index (χ0) is 21.5. The molecule has 1 aliphatic rings. The fourth-order valence-electron chi connectivity index (χ4n) is 3.85. The Morgan fingerprint density at radius 2 is 1.29 bits per heavy atom. The Morgan fingerprint density at radius 1 is 0.710 bits per heavy atom. The molecule has 0 radical (unpaired) electrons. The summed E-state index contributed by atoms with van der Waals surface area (Å²) in [6.07, 6.45) is 0. The van der Waals surface area contributed by atoms with Crippen LogP contribution < -0.4 is 10.2 Å². The third-order valence-corrected chi connectivity index (χ3v) is 5.41. The van der Waals surface area contributed by atoms with Gasteiger partial charge >= 0.3 is 5.91 Å². The maximum Gasteiger partial charge on any atom is 0.302 e. The maximum atomic E-state index is 12.9. The van der Waals surface area contributed by atoms with Crippen LogP contribution in [0, 0.1) is 5.92 Å². The number of amides is 3. The molecule has 3 amide bonds. The summed E-state index contributed by atoms with van der Waals surface area (Å²) in [5, 5.41) is 6.24. The van der Waals surface area contributed by atoms with E-state index in [1.807, 2.05) is 54.6 Å². The summed E-state index contributed by atoms with van der Waals surface area (Å²) in [7, 11) is 0. The summed E-state index contributed by atoms with van der Waals surface area (Å²) in [4.78, 5) is 51.6. The summed E-state index contributed by atoms with van der Waals surface area (Å²) in [5.74, 6) is -5.40. The Kier molecular flexibility index (Phi) is 4.33. The Morgan fingerprint density at radius 3 is 1.97 bits per heavy atom. The number of imide groups is 1. The lowest BCUT2D eigenvalue weighted by Gasteiger charge is -2.15. The lowest BCUT2D eigenvalue weighted by molar-refractivity contribution is -0.139. The Balaban J connectivity index is 1.43. The molecule has 1 unspecified atom stereocenters. The number of nitrogens with one attached hydrogen (secondary N) is 1. The van der Waals surface area contributed by atoms with Crippen LogP contribution in [0.3, 0.4) is 0 Å². The average molecular weight is 408 g/mol. The van der Waals surface area contributed by atoms with E-state index in [1.165, 1.54) is 0 Å². The first-order chi connectivity index (χ1) is 15.0. The summed E-state index contributed by atoms with van der Waals surface area (Å²) in [6.45, 7) is 0. The molecule has 31 heavy (non-hydrogen) atoms.